The van der Waals surface area contributed by atoms with Crippen molar-refractivity contribution in [2.75, 3.05) is 24.7 Å². The predicted molar refractivity (Wildman–Crippen MR) is 92.5 cm³/mol. The second-order valence-electron chi connectivity index (χ2n) is 6.31. The molecule has 9 heteroatoms. The Labute approximate surface area is 151 Å². The fraction of sp³-hybridized carbons (Fsp3) is 0.500. The summed E-state index contributed by atoms with van der Waals surface area (Å²) in [6.07, 6.45) is 0.341. The maximum atomic E-state index is 11.8. The molecule has 2 rings (SSSR count). The minimum atomic E-state index is -3.13. The van der Waals surface area contributed by atoms with Gasteiger partial charge in [-0.2, -0.15) is 0 Å². The van der Waals surface area contributed by atoms with Gasteiger partial charge in [0.25, 0.3) is 5.91 Å². The number of carbonyl (C=O) groups excluding carboxylic acids is 2. The number of ether oxygens (including phenoxy) is 2. The van der Waals surface area contributed by atoms with Crippen LogP contribution in [0.4, 0.5) is 0 Å². The minimum absolute atomic E-state index is 0.0395. The molecule has 0 aromatic heterocycles. The highest BCUT2D eigenvalue weighted by atomic mass is 35.5. The molecule has 1 heterocycles. The molecule has 1 aromatic carbocycles. The number of sulfone groups is 1. The topological polar surface area (TPSA) is 98.8 Å². The van der Waals surface area contributed by atoms with E-state index in [0.29, 0.717) is 17.2 Å². The van der Waals surface area contributed by atoms with Crippen LogP contribution < -0.4 is 10.1 Å². The van der Waals surface area contributed by atoms with Gasteiger partial charge in [-0.1, -0.05) is 11.6 Å². The lowest BCUT2D eigenvalue weighted by molar-refractivity contribution is -0.150. The quantitative estimate of drug-likeness (QED) is 0.735. The van der Waals surface area contributed by atoms with E-state index in [0.717, 1.165) is 5.56 Å². The number of aryl methyl sites for hydroxylation is 1. The summed E-state index contributed by atoms with van der Waals surface area (Å²) in [7, 11) is -3.13. The highest BCUT2D eigenvalue weighted by molar-refractivity contribution is 7.91. The molecular formula is C16H20ClNO6S. The summed E-state index contributed by atoms with van der Waals surface area (Å²) in [4.78, 5) is 23.5. The maximum Gasteiger partial charge on any atom is 0.344 e. The van der Waals surface area contributed by atoms with Gasteiger partial charge >= 0.3 is 5.97 Å². The van der Waals surface area contributed by atoms with Gasteiger partial charge in [0.15, 0.2) is 23.1 Å². The Morgan fingerprint density at radius 2 is 2.04 bits per heavy atom. The van der Waals surface area contributed by atoms with Crippen molar-refractivity contribution >= 4 is 33.3 Å². The van der Waals surface area contributed by atoms with Gasteiger partial charge in [-0.05, 0) is 44.0 Å². The van der Waals surface area contributed by atoms with Crippen molar-refractivity contribution in [2.45, 2.75) is 25.8 Å². The van der Waals surface area contributed by atoms with Crippen LogP contribution in [0.25, 0.3) is 0 Å². The molecular weight excluding hydrogens is 370 g/mol. The lowest BCUT2D eigenvalue weighted by atomic mass is 10.0. The zero-order valence-electron chi connectivity index (χ0n) is 14.0. The number of esters is 1. The Morgan fingerprint density at radius 3 is 2.64 bits per heavy atom. The molecule has 138 valence electrons. The summed E-state index contributed by atoms with van der Waals surface area (Å²) in [5.41, 5.74) is -0.0485. The summed E-state index contributed by atoms with van der Waals surface area (Å²) < 4.78 is 33.2. The standard InChI is InChI=1S/C16H20ClNO6S/c1-11-7-12(17)3-4-13(11)23-9-15(20)24-8-14(19)18-16(2)5-6-25(21,22)10-16/h3-4,7H,5-6,8-10H2,1-2H3,(H,18,19)/t16-/m1/s1. The summed E-state index contributed by atoms with van der Waals surface area (Å²) in [5.74, 6) is -0.824. The van der Waals surface area contributed by atoms with Crippen LogP contribution >= 0.6 is 11.6 Å². The highest BCUT2D eigenvalue weighted by Gasteiger charge is 2.39. The van der Waals surface area contributed by atoms with Gasteiger partial charge in [0, 0.05) is 5.02 Å². The zero-order valence-corrected chi connectivity index (χ0v) is 15.6. The lowest BCUT2D eigenvalue weighted by Gasteiger charge is -2.23. The van der Waals surface area contributed by atoms with Gasteiger partial charge in [0.05, 0.1) is 17.0 Å². The summed E-state index contributed by atoms with van der Waals surface area (Å²) in [6, 6.07) is 4.98. The molecule has 1 N–H and O–H groups in total. The number of nitrogens with one attached hydrogen (secondary N) is 1. The maximum absolute atomic E-state index is 11.8. The van der Waals surface area contributed by atoms with Crippen LogP contribution in [0.2, 0.25) is 5.02 Å². The van der Waals surface area contributed by atoms with E-state index in [1.165, 1.54) is 0 Å². The van der Waals surface area contributed by atoms with Crippen LogP contribution in [-0.4, -0.2) is 50.6 Å². The number of halogens is 1. The SMILES string of the molecule is Cc1cc(Cl)ccc1OCC(=O)OCC(=O)N[C@]1(C)CCS(=O)(=O)C1. The van der Waals surface area contributed by atoms with E-state index in [2.05, 4.69) is 5.32 Å². The fourth-order valence-corrected chi connectivity index (χ4v) is 4.90. The Balaban J connectivity index is 1.75. The number of hydrogen-bond donors (Lipinski definition) is 1. The summed E-state index contributed by atoms with van der Waals surface area (Å²) >= 11 is 5.83. The van der Waals surface area contributed by atoms with Gasteiger partial charge in [-0.25, -0.2) is 13.2 Å². The number of amides is 1. The van der Waals surface area contributed by atoms with Crippen LogP contribution in [0.3, 0.4) is 0 Å². The van der Waals surface area contributed by atoms with Crippen molar-refractivity contribution in [1.29, 1.82) is 0 Å². The van der Waals surface area contributed by atoms with Crippen LogP contribution in [0.15, 0.2) is 18.2 Å². The van der Waals surface area contributed by atoms with Gasteiger partial charge in [-0.3, -0.25) is 4.79 Å². The smallest absolute Gasteiger partial charge is 0.344 e. The fourth-order valence-electron chi connectivity index (χ4n) is 2.58. The molecule has 1 aliphatic heterocycles. The summed E-state index contributed by atoms with van der Waals surface area (Å²) in [6.45, 7) is 2.61. The third-order valence-electron chi connectivity index (χ3n) is 3.79. The van der Waals surface area contributed by atoms with E-state index in [-0.39, 0.29) is 18.1 Å². The molecule has 0 radical (unpaired) electrons. The summed E-state index contributed by atoms with van der Waals surface area (Å²) in [5, 5.41) is 3.17. The van der Waals surface area contributed by atoms with Gasteiger partial charge < -0.3 is 14.8 Å². The van der Waals surface area contributed by atoms with E-state index in [1.54, 1.807) is 32.0 Å². The third-order valence-corrected chi connectivity index (χ3v) is 5.93. The minimum Gasteiger partial charge on any atom is -0.482 e. The zero-order chi connectivity index (χ0) is 18.7. The van der Waals surface area contributed by atoms with Crippen molar-refractivity contribution < 1.29 is 27.5 Å². The Kier molecular flexibility index (Phi) is 5.95. The largest absolute Gasteiger partial charge is 0.482 e. The number of hydrogen-bond acceptors (Lipinski definition) is 6. The van der Waals surface area contributed by atoms with Crippen LogP contribution in [-0.2, 0) is 24.2 Å². The van der Waals surface area contributed by atoms with Gasteiger partial charge in [0.1, 0.15) is 5.75 Å². The Hall–Kier alpha value is -1.80. The second kappa shape index (κ2) is 7.61. The number of benzene rings is 1. The monoisotopic (exact) mass is 389 g/mol. The first kappa shape index (κ1) is 19.5. The molecule has 1 amide bonds. The molecule has 1 aromatic rings. The predicted octanol–water partition coefficient (Wildman–Crippen LogP) is 1.26. The van der Waals surface area contributed by atoms with Gasteiger partial charge in [-0.15, -0.1) is 0 Å². The molecule has 0 spiro atoms. The van der Waals surface area contributed by atoms with Gasteiger partial charge in [0.2, 0.25) is 0 Å². The third kappa shape index (κ3) is 5.89. The van der Waals surface area contributed by atoms with Crippen molar-refractivity contribution in [3.05, 3.63) is 28.8 Å². The van der Waals surface area contributed by atoms with Crippen LogP contribution in [0, 0.1) is 6.92 Å². The van der Waals surface area contributed by atoms with Crippen molar-refractivity contribution in [3.63, 3.8) is 0 Å². The average molecular weight is 390 g/mol. The van der Waals surface area contributed by atoms with E-state index >= 15 is 0 Å². The lowest BCUT2D eigenvalue weighted by Crippen LogP contribution is -2.48. The Bertz CT molecular complexity index is 779. The molecule has 1 saturated heterocycles. The second-order valence-corrected chi connectivity index (χ2v) is 8.93. The van der Waals surface area contributed by atoms with E-state index < -0.39 is 33.9 Å². The van der Waals surface area contributed by atoms with E-state index in [9.17, 15) is 18.0 Å². The molecule has 0 saturated carbocycles. The molecule has 1 fully saturated rings. The molecule has 7 nitrogen and oxygen atoms in total. The first-order chi connectivity index (χ1) is 11.6. The van der Waals surface area contributed by atoms with Crippen LogP contribution in [0.5, 0.6) is 5.75 Å². The molecule has 25 heavy (non-hydrogen) atoms. The normalized spacial score (nSPS) is 21.6. The molecule has 1 atom stereocenters. The van der Waals surface area contributed by atoms with E-state index in [4.69, 9.17) is 21.1 Å². The van der Waals surface area contributed by atoms with Crippen LogP contribution in [0.1, 0.15) is 18.9 Å². The number of carbonyl (C=O) groups is 2. The number of rotatable bonds is 6. The molecule has 0 aliphatic carbocycles. The average Bonchev–Trinajstić information content (AvgIpc) is 2.77. The highest BCUT2D eigenvalue weighted by Crippen LogP contribution is 2.23. The van der Waals surface area contributed by atoms with Crippen molar-refractivity contribution in [1.82, 2.24) is 5.32 Å². The molecule has 0 unspecified atom stereocenters. The van der Waals surface area contributed by atoms with Crippen molar-refractivity contribution in [2.24, 2.45) is 0 Å². The van der Waals surface area contributed by atoms with Crippen molar-refractivity contribution in [3.8, 4) is 5.75 Å². The Morgan fingerprint density at radius 1 is 1.32 bits per heavy atom. The van der Waals surface area contributed by atoms with E-state index in [1.807, 2.05) is 0 Å². The first-order valence-corrected chi connectivity index (χ1v) is 9.85. The first-order valence-electron chi connectivity index (χ1n) is 7.65. The molecule has 0 bridgehead atoms. The molecule has 1 aliphatic rings.